The van der Waals surface area contributed by atoms with Crippen LogP contribution in [-0.4, -0.2) is 32.6 Å². The fourth-order valence-electron chi connectivity index (χ4n) is 18.9. The van der Waals surface area contributed by atoms with Crippen LogP contribution in [-0.2, 0) is 7.67 Å². The van der Waals surface area contributed by atoms with E-state index >= 15 is 7.67 Å². The van der Waals surface area contributed by atoms with Crippen molar-refractivity contribution in [2.45, 2.75) is 166 Å². The van der Waals surface area contributed by atoms with Gasteiger partial charge in [-0.2, -0.15) is 0 Å². The number of hydrogen-bond donors (Lipinski definition) is 0. The van der Waals surface area contributed by atoms with E-state index in [9.17, 15) is 0 Å². The fraction of sp³-hybridized carbons (Fsp3) is 0.236. The number of hydrogen-bond acceptors (Lipinski definition) is 6. The van der Waals surface area contributed by atoms with E-state index in [1.54, 1.807) is 0 Å². The zero-order valence-corrected chi connectivity index (χ0v) is 72.0. The molecule has 4 aliphatic rings. The molecule has 2 unspecified atom stereocenters. The Labute approximate surface area is 698 Å². The Morgan fingerprint density at radius 2 is 0.479 bits per heavy atom. The van der Waals surface area contributed by atoms with Crippen molar-refractivity contribution in [1.29, 1.82) is 0 Å². The topological polar surface area (TPSA) is 47.1 Å². The number of benzene rings is 12. The van der Waals surface area contributed by atoms with Crippen LogP contribution in [0.25, 0.3) is 11.4 Å². The van der Waals surface area contributed by atoms with Crippen LogP contribution in [0.2, 0.25) is 0 Å². The molecule has 4 aliphatic heterocycles. The first kappa shape index (κ1) is 79.2. The number of anilines is 2. The molecule has 12 aromatic rings. The van der Waals surface area contributed by atoms with E-state index in [-0.39, 0.29) is 59.2 Å². The standard InChI is InChI=1S/C110H110N4O2Se/c1-71(2)87-65-91(73(5)6)105(92(66-87)74(7)8)99-59-39-57-89-69-111(107-95(101(79-41-23-15-24-42-79)80-43-25-16-26-44-80)61-77(13)62-96(107)102(81-45-27-17-28-46-81)82-47-29-18-30-48-82)109(113(89)99)117(115,116)110-112(70-90-58-40-60-100(114(90)110)106-93(75(9)10)67-88(72(3)4)68-94(106)76(11)12)108-97(103(83-49-31-19-32-50-83)84-51-33-20-34-52-84)63-78(14)64-98(108)104(85-53-35-21-36-54-85)86-55-37-22-38-56-86/h15-76,101-104,109-110H,1-14H3. The first-order valence-electron chi connectivity index (χ1n) is 42.3. The molecule has 12 aromatic carbocycles. The second kappa shape index (κ2) is 33.5. The molecular weight excluding hydrogens is 1490 g/mol. The van der Waals surface area contributed by atoms with Crippen LogP contribution in [0.4, 0.5) is 11.4 Å². The molecule has 4 heterocycles. The second-order valence-corrected chi connectivity index (χ2v) is 38.6. The van der Waals surface area contributed by atoms with Gasteiger partial charge >= 0.3 is 703 Å². The van der Waals surface area contributed by atoms with Crippen LogP contribution in [0, 0.1) is 13.8 Å². The van der Waals surface area contributed by atoms with Gasteiger partial charge in [-0.3, -0.25) is 0 Å². The Morgan fingerprint density at radius 3 is 0.675 bits per heavy atom. The number of aryl methyl sites for hydroxylation is 2. The first-order chi connectivity index (χ1) is 56.7. The summed E-state index contributed by atoms with van der Waals surface area (Å²) < 4.78 is 40.8. The van der Waals surface area contributed by atoms with E-state index in [2.05, 4.69) is 457 Å². The van der Waals surface area contributed by atoms with E-state index in [1.165, 1.54) is 33.4 Å². The summed E-state index contributed by atoms with van der Waals surface area (Å²) in [6.07, 6.45) is 17.7. The van der Waals surface area contributed by atoms with Gasteiger partial charge in [0.25, 0.3) is 0 Å². The summed E-state index contributed by atoms with van der Waals surface area (Å²) >= 11 is -6.41. The third-order valence-electron chi connectivity index (χ3n) is 24.4. The summed E-state index contributed by atoms with van der Waals surface area (Å²) in [6, 6.07) is 106. The molecule has 2 atom stereocenters. The number of allylic oxidation sites excluding steroid dienone is 6. The Kier molecular flexibility index (Phi) is 22.7. The van der Waals surface area contributed by atoms with Crippen LogP contribution >= 0.6 is 0 Å². The average Bonchev–Trinajstić information content (AvgIpc) is 1.58. The molecule has 0 spiro atoms. The molecule has 16 rings (SSSR count). The summed E-state index contributed by atoms with van der Waals surface area (Å²) in [7, 11) is 0. The van der Waals surface area contributed by atoms with E-state index in [0.29, 0.717) is 0 Å². The van der Waals surface area contributed by atoms with Gasteiger partial charge in [0.05, 0.1) is 0 Å². The Balaban J connectivity index is 1.09. The first-order valence-corrected chi connectivity index (χ1v) is 45.7. The maximum absolute atomic E-state index is 20.4. The fourth-order valence-corrected chi connectivity index (χ4v) is 23.6. The van der Waals surface area contributed by atoms with E-state index in [4.69, 9.17) is 0 Å². The Bertz CT molecular complexity index is 5120. The number of fused-ring (bicyclic) bond motifs is 2. The summed E-state index contributed by atoms with van der Waals surface area (Å²) in [6.45, 7) is 32.1. The van der Waals surface area contributed by atoms with Gasteiger partial charge in [0, 0.05) is 0 Å². The van der Waals surface area contributed by atoms with Crippen molar-refractivity contribution in [3.8, 4) is 0 Å². The van der Waals surface area contributed by atoms with Crippen LogP contribution < -0.4 is 9.80 Å². The molecule has 0 aromatic heterocycles. The predicted octanol–water partition coefficient (Wildman–Crippen LogP) is 27.6. The van der Waals surface area contributed by atoms with Crippen molar-refractivity contribution in [3.63, 3.8) is 0 Å². The molecule has 0 saturated carbocycles. The summed E-state index contributed by atoms with van der Waals surface area (Å²) in [5.74, 6) is -0.840. The van der Waals surface area contributed by atoms with Gasteiger partial charge in [0.2, 0.25) is 0 Å². The zero-order chi connectivity index (χ0) is 81.5. The van der Waals surface area contributed by atoms with Crippen LogP contribution in [0.15, 0.2) is 351 Å². The Hall–Kier alpha value is -11.6. The molecule has 117 heavy (non-hydrogen) atoms. The van der Waals surface area contributed by atoms with Crippen molar-refractivity contribution < 1.29 is 7.67 Å². The van der Waals surface area contributed by atoms with Crippen LogP contribution in [0.1, 0.15) is 265 Å². The van der Waals surface area contributed by atoms with Crippen LogP contribution in [0.3, 0.4) is 0 Å². The number of rotatable bonds is 24. The molecule has 7 heteroatoms. The summed E-state index contributed by atoms with van der Waals surface area (Å²) in [5, 5.41) is -2.87. The average molecular weight is 1600 g/mol. The Morgan fingerprint density at radius 1 is 0.265 bits per heavy atom. The van der Waals surface area contributed by atoms with Gasteiger partial charge < -0.3 is 0 Å². The predicted molar refractivity (Wildman–Crippen MR) is 489 cm³/mol. The monoisotopic (exact) mass is 1600 g/mol. The summed E-state index contributed by atoms with van der Waals surface area (Å²) in [4.78, 5) is 9.20. The molecule has 0 radical (unpaired) electrons. The van der Waals surface area contributed by atoms with Crippen LogP contribution in [0.5, 0.6) is 0 Å². The van der Waals surface area contributed by atoms with Gasteiger partial charge in [0.1, 0.15) is 0 Å². The second-order valence-electron chi connectivity index (χ2n) is 34.4. The van der Waals surface area contributed by atoms with Gasteiger partial charge in [-0.1, -0.05) is 0 Å². The van der Waals surface area contributed by atoms with Gasteiger partial charge in [-0.15, -0.1) is 0 Å². The molecule has 0 aliphatic carbocycles. The third-order valence-corrected chi connectivity index (χ3v) is 28.7. The zero-order valence-electron chi connectivity index (χ0n) is 70.3. The SMILES string of the molecule is Cc1cc(C(c2ccccc2)c2ccccc2)c(N2C=C3C=CC=C(c4c(C(C)C)cc(C(C)C)cc4C(C)C)N3C2[Se](=O)(=O)C2N3C(=CN2c2c(C(c4ccccc4)c4ccccc4)cc(C)cc2C(c2ccccc2)c2ccccc2)C=CC=C3c2c(C(C)C)cc(C(C)C)cc2C(C)C)c(C(c2ccccc2)c2ccccc2)c1. The van der Waals surface area contributed by atoms with Crippen molar-refractivity contribution in [1.82, 2.24) is 9.80 Å². The van der Waals surface area contributed by atoms with Gasteiger partial charge in [-0.05, 0) is 0 Å². The summed E-state index contributed by atoms with van der Waals surface area (Å²) in [5.41, 5.74) is 29.2. The quantitative estimate of drug-likeness (QED) is 0.0444. The molecular formula is C110H110N4O2Se. The molecule has 0 amide bonds. The molecule has 0 saturated heterocycles. The maximum atomic E-state index is 20.4. The molecule has 588 valence electrons. The number of nitrogens with zero attached hydrogens (tertiary/aromatic N) is 4. The molecule has 6 nitrogen and oxygen atoms in total. The van der Waals surface area contributed by atoms with Gasteiger partial charge in [-0.25, -0.2) is 0 Å². The van der Waals surface area contributed by atoms with Crippen molar-refractivity contribution in [3.05, 3.63) is 474 Å². The van der Waals surface area contributed by atoms with Crippen molar-refractivity contribution >= 4 is 35.5 Å². The minimum atomic E-state index is -6.41. The molecule has 0 fully saturated rings. The van der Waals surface area contributed by atoms with E-state index in [1.807, 2.05) is 0 Å². The van der Waals surface area contributed by atoms with E-state index < -0.39 is 22.8 Å². The molecule has 0 N–H and O–H groups in total. The van der Waals surface area contributed by atoms with Crippen molar-refractivity contribution in [2.75, 3.05) is 9.80 Å². The van der Waals surface area contributed by atoms with Gasteiger partial charge in [0.15, 0.2) is 0 Å². The van der Waals surface area contributed by atoms with E-state index in [0.717, 1.165) is 123 Å². The normalized spacial score (nSPS) is 15.5. The third kappa shape index (κ3) is 15.2. The van der Waals surface area contributed by atoms with Crippen molar-refractivity contribution in [2.24, 2.45) is 0 Å². The molecule has 0 bridgehead atoms. The minimum absolute atomic E-state index is 0.0565.